The Balaban J connectivity index is 1.34. The fourth-order valence-corrected chi connectivity index (χ4v) is 6.36. The summed E-state index contributed by atoms with van der Waals surface area (Å²) in [5.41, 5.74) is 5.43. The molecule has 2 aliphatic rings. The Morgan fingerprint density at radius 2 is 1.40 bits per heavy atom. The number of carbonyl (C=O) groups excluding carboxylic acids is 1. The molecule has 1 atom stereocenters. The molecule has 6 rings (SSSR count). The topological polar surface area (TPSA) is 23.6 Å². The van der Waals surface area contributed by atoms with E-state index in [-0.39, 0.29) is 36.4 Å². The van der Waals surface area contributed by atoms with E-state index in [2.05, 4.69) is 12.1 Å². The first kappa shape index (κ1) is 26.3. The van der Waals surface area contributed by atoms with E-state index in [9.17, 15) is 18.0 Å². The molecule has 0 spiro atoms. The van der Waals surface area contributed by atoms with Gasteiger partial charge in [-0.15, -0.1) is 0 Å². The SMILES string of the molecule is O=C(CN1CCc2ccccc2C1c1ccccc1C(F)F)N(Cc1ccccc1F)C1Cc2ccccc2C1. The lowest BCUT2D eigenvalue weighted by atomic mass is 9.86. The van der Waals surface area contributed by atoms with Crippen molar-refractivity contribution in [1.82, 2.24) is 9.80 Å². The Morgan fingerprint density at radius 1 is 0.800 bits per heavy atom. The molecule has 0 bridgehead atoms. The van der Waals surface area contributed by atoms with Crippen molar-refractivity contribution in [3.63, 3.8) is 0 Å². The van der Waals surface area contributed by atoms with E-state index in [1.165, 1.54) is 23.3 Å². The number of benzene rings is 4. The first-order valence-corrected chi connectivity index (χ1v) is 13.8. The molecule has 4 aromatic rings. The molecule has 0 saturated heterocycles. The van der Waals surface area contributed by atoms with Gasteiger partial charge in [0.1, 0.15) is 5.82 Å². The third-order valence-electron chi connectivity index (χ3n) is 8.34. The summed E-state index contributed by atoms with van der Waals surface area (Å²) in [7, 11) is 0. The maximum absolute atomic E-state index is 14.8. The molecule has 1 amide bonds. The molecule has 1 aliphatic carbocycles. The van der Waals surface area contributed by atoms with E-state index in [0.717, 1.165) is 17.5 Å². The molecule has 1 heterocycles. The molecular weight excluding hydrogens is 509 g/mol. The standard InChI is InChI=1S/C34H31F3N2O/c35-31-16-8-4-12-26(31)21-39(27-19-24-10-1-2-11-25(24)20-27)32(40)22-38-18-17-23-9-3-5-13-28(23)33(38)29-14-6-7-15-30(29)34(36)37/h1-16,27,33-34H,17-22H2. The second-order valence-corrected chi connectivity index (χ2v) is 10.7. The van der Waals surface area contributed by atoms with E-state index >= 15 is 0 Å². The van der Waals surface area contributed by atoms with Crippen molar-refractivity contribution >= 4 is 5.91 Å². The number of halogens is 3. The van der Waals surface area contributed by atoms with E-state index in [1.807, 2.05) is 41.3 Å². The van der Waals surface area contributed by atoms with Crippen molar-refractivity contribution in [3.05, 3.63) is 142 Å². The molecule has 1 unspecified atom stereocenters. The van der Waals surface area contributed by atoms with Crippen molar-refractivity contribution < 1.29 is 18.0 Å². The van der Waals surface area contributed by atoms with Crippen LogP contribution in [-0.4, -0.2) is 34.8 Å². The lowest BCUT2D eigenvalue weighted by molar-refractivity contribution is -0.136. The third kappa shape index (κ3) is 5.16. The Bertz CT molecular complexity index is 1500. The number of hydrogen-bond donors (Lipinski definition) is 0. The average Bonchev–Trinajstić information content (AvgIpc) is 3.40. The van der Waals surface area contributed by atoms with E-state index < -0.39 is 12.5 Å². The van der Waals surface area contributed by atoms with Gasteiger partial charge in [0.2, 0.25) is 5.91 Å². The van der Waals surface area contributed by atoms with E-state index in [1.54, 1.807) is 41.3 Å². The third-order valence-corrected chi connectivity index (χ3v) is 8.34. The summed E-state index contributed by atoms with van der Waals surface area (Å²) in [6, 6.07) is 28.7. The van der Waals surface area contributed by atoms with Crippen LogP contribution in [0.2, 0.25) is 0 Å². The summed E-state index contributed by atoms with van der Waals surface area (Å²) >= 11 is 0. The summed E-state index contributed by atoms with van der Waals surface area (Å²) in [5.74, 6) is -0.466. The van der Waals surface area contributed by atoms with Crippen LogP contribution in [0.1, 0.15) is 51.4 Å². The van der Waals surface area contributed by atoms with Gasteiger partial charge in [0.25, 0.3) is 6.43 Å². The summed E-state index contributed by atoms with van der Waals surface area (Å²) < 4.78 is 43.1. The van der Waals surface area contributed by atoms with Gasteiger partial charge in [-0.3, -0.25) is 9.69 Å². The van der Waals surface area contributed by atoms with Gasteiger partial charge in [-0.25, -0.2) is 13.2 Å². The van der Waals surface area contributed by atoms with Gasteiger partial charge in [-0.05, 0) is 53.1 Å². The summed E-state index contributed by atoms with van der Waals surface area (Å²) in [5, 5.41) is 0. The molecule has 0 fully saturated rings. The number of nitrogens with zero attached hydrogens (tertiary/aromatic N) is 2. The minimum Gasteiger partial charge on any atom is -0.333 e. The van der Waals surface area contributed by atoms with Crippen molar-refractivity contribution in [2.24, 2.45) is 0 Å². The molecule has 40 heavy (non-hydrogen) atoms. The van der Waals surface area contributed by atoms with Crippen molar-refractivity contribution in [2.75, 3.05) is 13.1 Å². The van der Waals surface area contributed by atoms with Crippen LogP contribution in [0.3, 0.4) is 0 Å². The van der Waals surface area contributed by atoms with Crippen LogP contribution < -0.4 is 0 Å². The van der Waals surface area contributed by atoms with Gasteiger partial charge in [-0.2, -0.15) is 0 Å². The molecule has 3 nitrogen and oxygen atoms in total. The van der Waals surface area contributed by atoms with Crippen LogP contribution in [0.4, 0.5) is 13.2 Å². The van der Waals surface area contributed by atoms with Crippen molar-refractivity contribution in [1.29, 1.82) is 0 Å². The van der Waals surface area contributed by atoms with Crippen LogP contribution in [0.5, 0.6) is 0 Å². The second kappa shape index (κ2) is 11.3. The zero-order chi connectivity index (χ0) is 27.6. The lowest BCUT2D eigenvalue weighted by Gasteiger charge is -2.40. The predicted octanol–water partition coefficient (Wildman–Crippen LogP) is 6.91. The zero-order valence-electron chi connectivity index (χ0n) is 22.1. The van der Waals surface area contributed by atoms with Crippen LogP contribution in [0.25, 0.3) is 0 Å². The maximum atomic E-state index is 14.8. The molecule has 0 N–H and O–H groups in total. The first-order chi connectivity index (χ1) is 19.5. The number of alkyl halides is 2. The van der Waals surface area contributed by atoms with Crippen LogP contribution in [0, 0.1) is 5.82 Å². The first-order valence-electron chi connectivity index (χ1n) is 13.8. The molecular formula is C34H31F3N2O. The highest BCUT2D eigenvalue weighted by atomic mass is 19.3. The summed E-state index contributed by atoms with van der Waals surface area (Å²) in [4.78, 5) is 18.0. The minimum absolute atomic E-state index is 0.0175. The summed E-state index contributed by atoms with van der Waals surface area (Å²) in [6.45, 7) is 0.772. The largest absolute Gasteiger partial charge is 0.333 e. The Hall–Kier alpha value is -3.90. The lowest BCUT2D eigenvalue weighted by Crippen LogP contribution is -2.48. The minimum atomic E-state index is -2.63. The molecule has 0 aromatic heterocycles. The van der Waals surface area contributed by atoms with Gasteiger partial charge < -0.3 is 4.90 Å². The fourth-order valence-electron chi connectivity index (χ4n) is 6.36. The van der Waals surface area contributed by atoms with Gasteiger partial charge in [0.05, 0.1) is 12.6 Å². The molecule has 204 valence electrons. The maximum Gasteiger partial charge on any atom is 0.264 e. The van der Waals surface area contributed by atoms with Gasteiger partial charge in [0.15, 0.2) is 0 Å². The number of amides is 1. The van der Waals surface area contributed by atoms with Gasteiger partial charge in [-0.1, -0.05) is 91.0 Å². The summed E-state index contributed by atoms with van der Waals surface area (Å²) in [6.07, 6.45) is -0.496. The molecule has 4 aromatic carbocycles. The monoisotopic (exact) mass is 540 g/mol. The highest BCUT2D eigenvalue weighted by Gasteiger charge is 2.36. The highest BCUT2D eigenvalue weighted by molar-refractivity contribution is 5.79. The second-order valence-electron chi connectivity index (χ2n) is 10.7. The Morgan fingerprint density at radius 3 is 2.10 bits per heavy atom. The zero-order valence-corrected chi connectivity index (χ0v) is 22.1. The highest BCUT2D eigenvalue weighted by Crippen LogP contribution is 2.39. The Kier molecular flexibility index (Phi) is 7.44. The fraction of sp³-hybridized carbons (Fsp3) is 0.265. The van der Waals surface area contributed by atoms with Crippen LogP contribution >= 0.6 is 0 Å². The van der Waals surface area contributed by atoms with E-state index in [4.69, 9.17) is 0 Å². The van der Waals surface area contributed by atoms with Crippen LogP contribution in [-0.2, 0) is 30.6 Å². The van der Waals surface area contributed by atoms with Crippen molar-refractivity contribution in [2.45, 2.75) is 44.3 Å². The number of hydrogen-bond acceptors (Lipinski definition) is 2. The van der Waals surface area contributed by atoms with Crippen molar-refractivity contribution in [3.8, 4) is 0 Å². The number of fused-ring (bicyclic) bond motifs is 2. The number of carbonyl (C=O) groups is 1. The van der Waals surface area contributed by atoms with Crippen LogP contribution in [0.15, 0.2) is 97.1 Å². The molecule has 1 aliphatic heterocycles. The molecule has 0 saturated carbocycles. The quantitative estimate of drug-likeness (QED) is 0.254. The average molecular weight is 541 g/mol. The molecule has 6 heteroatoms. The smallest absolute Gasteiger partial charge is 0.264 e. The molecule has 0 radical (unpaired) electrons. The number of rotatable bonds is 7. The van der Waals surface area contributed by atoms with E-state index in [0.29, 0.717) is 30.5 Å². The van der Waals surface area contributed by atoms with Gasteiger partial charge in [0, 0.05) is 30.3 Å². The predicted molar refractivity (Wildman–Crippen MR) is 150 cm³/mol. The Labute approximate surface area is 232 Å². The van der Waals surface area contributed by atoms with Gasteiger partial charge >= 0.3 is 0 Å². The normalized spacial score (nSPS) is 17.1.